The molecule has 0 radical (unpaired) electrons. The molecule has 3 aromatic heterocycles. The van der Waals surface area contributed by atoms with E-state index in [9.17, 15) is 14.9 Å². The predicted octanol–water partition coefficient (Wildman–Crippen LogP) is 4.84. The molecule has 3 heterocycles. The number of aryl methyl sites for hydroxylation is 1. The number of ether oxygens (including phenoxy) is 1. The van der Waals surface area contributed by atoms with Crippen molar-refractivity contribution < 1.29 is 14.3 Å². The molecule has 2 aromatic carbocycles. The Hall–Kier alpha value is -5.34. The van der Waals surface area contributed by atoms with Gasteiger partial charge in [-0.15, -0.1) is 0 Å². The molecule has 2 N–H and O–H groups in total. The summed E-state index contributed by atoms with van der Waals surface area (Å²) in [5.41, 5.74) is 3.72. The molecule has 12 heteroatoms. The molecule has 0 unspecified atom stereocenters. The number of anilines is 2. The zero-order valence-electron chi connectivity index (χ0n) is 22.1. The van der Waals surface area contributed by atoms with Crippen molar-refractivity contribution >= 4 is 45.9 Å². The first kappa shape index (κ1) is 27.2. The minimum atomic E-state index is -0.460. The van der Waals surface area contributed by atoms with E-state index in [1.54, 1.807) is 60.5 Å². The van der Waals surface area contributed by atoms with E-state index in [0.717, 1.165) is 5.39 Å². The zero-order chi connectivity index (χ0) is 28.9. The first-order chi connectivity index (χ1) is 19.9. The summed E-state index contributed by atoms with van der Waals surface area (Å²) < 4.78 is 6.33. The van der Waals surface area contributed by atoms with Crippen LogP contribution in [0.25, 0.3) is 33.5 Å². The van der Waals surface area contributed by atoms with Gasteiger partial charge in [0.2, 0.25) is 5.91 Å². The minimum absolute atomic E-state index is 0.0564. The first-order valence-electron chi connectivity index (χ1n) is 12.4. The summed E-state index contributed by atoms with van der Waals surface area (Å²) in [6.07, 6.45) is 3.53. The Kier molecular flexibility index (Phi) is 7.85. The van der Waals surface area contributed by atoms with Crippen molar-refractivity contribution in [1.82, 2.24) is 24.7 Å². The molecule has 11 nitrogen and oxygen atoms in total. The smallest absolute Gasteiger partial charge is 0.337 e. The Labute approximate surface area is 239 Å². The lowest BCUT2D eigenvalue weighted by Gasteiger charge is -2.13. The number of hydrogen-bond donors (Lipinski definition) is 2. The second-order valence-corrected chi connectivity index (χ2v) is 9.34. The van der Waals surface area contributed by atoms with Crippen LogP contribution in [0.2, 0.25) is 5.02 Å². The summed E-state index contributed by atoms with van der Waals surface area (Å²) in [5, 5.41) is 21.5. The molecule has 5 rings (SSSR count). The van der Waals surface area contributed by atoms with Crippen molar-refractivity contribution in [3.8, 4) is 28.7 Å². The number of fused-ring (bicyclic) bond motifs is 1. The normalized spacial score (nSPS) is 10.7. The molecule has 0 saturated carbocycles. The van der Waals surface area contributed by atoms with Gasteiger partial charge in [0.25, 0.3) is 0 Å². The number of nitrogens with zero attached hydrogens (tertiary/aromatic N) is 6. The number of aromatic nitrogens is 5. The van der Waals surface area contributed by atoms with E-state index in [2.05, 4.69) is 36.5 Å². The van der Waals surface area contributed by atoms with Crippen molar-refractivity contribution in [3.05, 3.63) is 83.3 Å². The number of nitrogens with one attached hydrogen (secondary N) is 2. The van der Waals surface area contributed by atoms with Gasteiger partial charge < -0.3 is 15.4 Å². The number of hydrogen-bond acceptors (Lipinski definition) is 9. The van der Waals surface area contributed by atoms with Gasteiger partial charge in [0.1, 0.15) is 23.2 Å². The van der Waals surface area contributed by atoms with Crippen LogP contribution in [0.3, 0.4) is 0 Å². The maximum Gasteiger partial charge on any atom is 0.337 e. The van der Waals surface area contributed by atoms with E-state index < -0.39 is 5.97 Å². The van der Waals surface area contributed by atoms with Gasteiger partial charge in [-0.3, -0.25) is 14.5 Å². The second kappa shape index (κ2) is 11.8. The summed E-state index contributed by atoms with van der Waals surface area (Å²) in [6, 6.07) is 17.6. The second-order valence-electron chi connectivity index (χ2n) is 8.93. The summed E-state index contributed by atoms with van der Waals surface area (Å²) in [6.45, 7) is 0.184. The number of amides is 1. The van der Waals surface area contributed by atoms with E-state index in [-0.39, 0.29) is 30.4 Å². The van der Waals surface area contributed by atoms with Crippen LogP contribution < -0.4 is 10.6 Å². The molecule has 0 aliphatic heterocycles. The fourth-order valence-corrected chi connectivity index (χ4v) is 4.44. The van der Waals surface area contributed by atoms with Crippen molar-refractivity contribution in [2.24, 2.45) is 7.05 Å². The van der Waals surface area contributed by atoms with Crippen molar-refractivity contribution in [2.45, 2.75) is 6.42 Å². The highest BCUT2D eigenvalue weighted by Crippen LogP contribution is 2.34. The Balaban J connectivity index is 1.39. The molecular weight excluding hydrogens is 544 g/mol. The van der Waals surface area contributed by atoms with Gasteiger partial charge in [-0.25, -0.2) is 14.8 Å². The standard InChI is InChI=1S/C29H23ClN8O3/c1-38-13-10-22(37-38)27-26(19-14-18-4-3-11-32-25(18)21(30)15-19)35-23(16-31)28(36-27)33-12-9-24(39)34-20-7-5-17(6-8-20)29(40)41-2/h3-8,10-11,13-15H,9,12H2,1-2H3,(H,33,36)(H,34,39). The van der Waals surface area contributed by atoms with Crippen LogP contribution >= 0.6 is 11.6 Å². The number of benzene rings is 2. The van der Waals surface area contributed by atoms with E-state index in [1.165, 1.54) is 7.11 Å². The highest BCUT2D eigenvalue weighted by molar-refractivity contribution is 6.35. The molecule has 0 aliphatic rings. The van der Waals surface area contributed by atoms with E-state index in [1.807, 2.05) is 18.2 Å². The topological polar surface area (TPSA) is 148 Å². The summed E-state index contributed by atoms with van der Waals surface area (Å²) in [4.78, 5) is 37.8. The molecule has 0 bridgehead atoms. The van der Waals surface area contributed by atoms with Crippen LogP contribution in [0.15, 0.2) is 67.0 Å². The number of nitriles is 1. The highest BCUT2D eigenvalue weighted by atomic mass is 35.5. The van der Waals surface area contributed by atoms with Gasteiger partial charge in [0.05, 0.1) is 23.2 Å². The molecule has 0 aliphatic carbocycles. The zero-order valence-corrected chi connectivity index (χ0v) is 22.8. The van der Waals surface area contributed by atoms with E-state index in [0.29, 0.717) is 44.4 Å². The molecule has 5 aromatic rings. The van der Waals surface area contributed by atoms with Crippen LogP contribution in [-0.2, 0) is 16.6 Å². The maximum atomic E-state index is 12.5. The number of rotatable bonds is 8. The average molecular weight is 567 g/mol. The Bertz CT molecular complexity index is 1810. The van der Waals surface area contributed by atoms with Crippen LogP contribution in [0.5, 0.6) is 0 Å². The third-order valence-corrected chi connectivity index (χ3v) is 6.41. The number of carbonyl (C=O) groups is 2. The third kappa shape index (κ3) is 5.98. The van der Waals surface area contributed by atoms with Gasteiger partial charge in [-0.05, 0) is 48.5 Å². The predicted molar refractivity (Wildman–Crippen MR) is 154 cm³/mol. The summed E-state index contributed by atoms with van der Waals surface area (Å²) in [5.74, 6) is -0.505. The van der Waals surface area contributed by atoms with Crippen molar-refractivity contribution in [3.63, 3.8) is 0 Å². The lowest BCUT2D eigenvalue weighted by atomic mass is 10.0. The molecule has 0 spiro atoms. The number of halogens is 1. The van der Waals surface area contributed by atoms with Crippen molar-refractivity contribution in [2.75, 3.05) is 24.3 Å². The first-order valence-corrected chi connectivity index (χ1v) is 12.8. The number of pyridine rings is 1. The fraction of sp³-hybridized carbons (Fsp3) is 0.138. The van der Waals surface area contributed by atoms with Gasteiger partial charge >= 0.3 is 5.97 Å². The van der Waals surface area contributed by atoms with Gasteiger partial charge in [0, 0.05) is 49.0 Å². The third-order valence-electron chi connectivity index (χ3n) is 6.12. The molecule has 0 fully saturated rings. The lowest BCUT2D eigenvalue weighted by molar-refractivity contribution is -0.115. The monoisotopic (exact) mass is 566 g/mol. The van der Waals surface area contributed by atoms with Gasteiger partial charge in [-0.2, -0.15) is 10.4 Å². The van der Waals surface area contributed by atoms with Gasteiger partial charge in [0.15, 0.2) is 11.5 Å². The van der Waals surface area contributed by atoms with E-state index >= 15 is 0 Å². The molecule has 0 saturated heterocycles. The van der Waals surface area contributed by atoms with Gasteiger partial charge in [-0.1, -0.05) is 17.7 Å². The van der Waals surface area contributed by atoms with E-state index in [4.69, 9.17) is 16.6 Å². The number of esters is 1. The Morgan fingerprint density at radius 3 is 2.61 bits per heavy atom. The van der Waals surface area contributed by atoms with Crippen LogP contribution in [-0.4, -0.2) is 50.3 Å². The molecule has 204 valence electrons. The average Bonchev–Trinajstić information content (AvgIpc) is 3.42. The summed E-state index contributed by atoms with van der Waals surface area (Å²) in [7, 11) is 3.09. The molecule has 0 atom stereocenters. The number of carbonyl (C=O) groups excluding carboxylic acids is 2. The number of methoxy groups -OCH3 is 1. The quantitative estimate of drug-likeness (QED) is 0.251. The van der Waals surface area contributed by atoms with Crippen molar-refractivity contribution in [1.29, 1.82) is 5.26 Å². The Morgan fingerprint density at radius 2 is 1.90 bits per heavy atom. The SMILES string of the molecule is COC(=O)c1ccc(NC(=O)CCNc2nc(-c3ccn(C)n3)c(-c3cc(Cl)c4ncccc4c3)nc2C#N)cc1. The van der Waals surface area contributed by atoms with Crippen LogP contribution in [0.1, 0.15) is 22.5 Å². The van der Waals surface area contributed by atoms with Crippen LogP contribution in [0, 0.1) is 11.3 Å². The molecule has 41 heavy (non-hydrogen) atoms. The molecule has 1 amide bonds. The maximum absolute atomic E-state index is 12.5. The lowest BCUT2D eigenvalue weighted by Crippen LogP contribution is -2.17. The molecular formula is C29H23ClN8O3. The summed E-state index contributed by atoms with van der Waals surface area (Å²) >= 11 is 6.54. The fourth-order valence-electron chi connectivity index (χ4n) is 4.17. The largest absolute Gasteiger partial charge is 0.465 e. The Morgan fingerprint density at radius 1 is 1.10 bits per heavy atom. The minimum Gasteiger partial charge on any atom is -0.465 e. The van der Waals surface area contributed by atoms with Crippen LogP contribution in [0.4, 0.5) is 11.5 Å². The highest BCUT2D eigenvalue weighted by Gasteiger charge is 2.20.